The van der Waals surface area contributed by atoms with Gasteiger partial charge >= 0.3 is 6.09 Å². The molecule has 0 heterocycles. The normalized spacial score (nSPS) is 10.5. The van der Waals surface area contributed by atoms with Gasteiger partial charge in [0.15, 0.2) is 0 Å². The number of benzene rings is 3. The van der Waals surface area contributed by atoms with Crippen LogP contribution in [0.4, 0.5) is 16.2 Å². The number of amides is 2. The number of carbonyl (C=O) groups excluding carboxylic acids is 1. The van der Waals surface area contributed by atoms with E-state index in [9.17, 15) is 14.7 Å². The Bertz CT molecular complexity index is 1140. The molecule has 33 heavy (non-hydrogen) atoms. The number of hydrogen-bond acceptors (Lipinski definition) is 4. The van der Waals surface area contributed by atoms with E-state index >= 15 is 0 Å². The van der Waals surface area contributed by atoms with Gasteiger partial charge in [-0.05, 0) is 58.1 Å². The lowest BCUT2D eigenvalue weighted by atomic mass is 9.98. The van der Waals surface area contributed by atoms with E-state index < -0.39 is 6.09 Å². The van der Waals surface area contributed by atoms with Gasteiger partial charge in [-0.2, -0.15) is 0 Å². The highest BCUT2D eigenvalue weighted by atomic mass is 79.9. The SMILES string of the molecule is COc1cc(NC(=O)CCCc2ccc(NC(=O)O)c(-c3ccccc3)c2)c(Br)cc1CO. The molecule has 3 rings (SSSR count). The number of aliphatic hydroxyl groups is 1. The van der Waals surface area contributed by atoms with E-state index in [1.807, 2.05) is 42.5 Å². The zero-order chi connectivity index (χ0) is 23.8. The highest BCUT2D eigenvalue weighted by molar-refractivity contribution is 9.10. The maximum atomic E-state index is 12.5. The largest absolute Gasteiger partial charge is 0.496 e. The fraction of sp³-hybridized carbons (Fsp3) is 0.200. The second-order valence-corrected chi connectivity index (χ2v) is 8.23. The molecule has 0 saturated heterocycles. The van der Waals surface area contributed by atoms with Crippen LogP contribution in [0.15, 0.2) is 65.1 Å². The van der Waals surface area contributed by atoms with Crippen molar-refractivity contribution in [2.24, 2.45) is 0 Å². The number of nitrogens with one attached hydrogen (secondary N) is 2. The molecule has 3 aromatic rings. The molecule has 0 saturated carbocycles. The lowest BCUT2D eigenvalue weighted by Gasteiger charge is -2.13. The van der Waals surface area contributed by atoms with Crippen LogP contribution in [0.2, 0.25) is 0 Å². The summed E-state index contributed by atoms with van der Waals surface area (Å²) in [5.41, 5.74) is 4.42. The molecule has 0 aliphatic carbocycles. The van der Waals surface area contributed by atoms with Crippen LogP contribution in [0.25, 0.3) is 11.1 Å². The predicted octanol–water partition coefficient (Wildman–Crippen LogP) is 5.67. The monoisotopic (exact) mass is 512 g/mol. The number of carboxylic acid groups (broad SMARTS) is 1. The fourth-order valence-corrected chi connectivity index (χ4v) is 3.99. The maximum absolute atomic E-state index is 12.5. The Hall–Kier alpha value is -3.36. The zero-order valence-corrected chi connectivity index (χ0v) is 19.7. The first-order valence-corrected chi connectivity index (χ1v) is 11.2. The lowest BCUT2D eigenvalue weighted by Crippen LogP contribution is -2.12. The summed E-state index contributed by atoms with van der Waals surface area (Å²) in [5, 5.41) is 23.8. The van der Waals surface area contributed by atoms with Crippen LogP contribution in [0.1, 0.15) is 24.0 Å². The highest BCUT2D eigenvalue weighted by Crippen LogP contribution is 2.32. The summed E-state index contributed by atoms with van der Waals surface area (Å²) < 4.78 is 5.92. The molecule has 2 amide bonds. The molecule has 0 bridgehead atoms. The number of carbonyl (C=O) groups is 2. The average molecular weight is 513 g/mol. The zero-order valence-electron chi connectivity index (χ0n) is 18.1. The van der Waals surface area contributed by atoms with Gasteiger partial charge in [0.05, 0.1) is 25.1 Å². The Morgan fingerprint density at radius 1 is 1.00 bits per heavy atom. The van der Waals surface area contributed by atoms with Gasteiger partial charge in [-0.15, -0.1) is 0 Å². The first-order valence-electron chi connectivity index (χ1n) is 10.4. The van der Waals surface area contributed by atoms with Gasteiger partial charge in [0.1, 0.15) is 5.75 Å². The van der Waals surface area contributed by atoms with Crippen molar-refractivity contribution in [2.45, 2.75) is 25.9 Å². The van der Waals surface area contributed by atoms with Gasteiger partial charge < -0.3 is 20.3 Å². The Balaban J connectivity index is 1.66. The molecule has 8 heteroatoms. The number of ether oxygens (including phenoxy) is 1. The minimum absolute atomic E-state index is 0.137. The highest BCUT2D eigenvalue weighted by Gasteiger charge is 2.12. The number of anilines is 2. The first-order chi connectivity index (χ1) is 15.9. The summed E-state index contributed by atoms with van der Waals surface area (Å²) in [6, 6.07) is 18.5. The Morgan fingerprint density at radius 3 is 2.42 bits per heavy atom. The minimum atomic E-state index is -1.12. The standard InChI is InChI=1S/C25H25BrN2O5/c1-33-23-14-22(20(26)13-18(23)15-29)27-24(30)9-5-6-16-10-11-21(28-25(31)32)19(12-16)17-7-3-2-4-8-17/h2-4,7-8,10-14,28-29H,5-6,9,15H2,1H3,(H,27,30)(H,31,32). The molecule has 0 atom stereocenters. The first kappa shape index (κ1) is 24.3. The van der Waals surface area contributed by atoms with E-state index in [0.29, 0.717) is 46.4 Å². The number of aryl methyl sites for hydroxylation is 1. The van der Waals surface area contributed by atoms with Crippen LogP contribution in [0.5, 0.6) is 5.75 Å². The van der Waals surface area contributed by atoms with E-state index in [0.717, 1.165) is 16.7 Å². The second-order valence-electron chi connectivity index (χ2n) is 7.38. The Labute approximate surface area is 200 Å². The molecular weight excluding hydrogens is 488 g/mol. The molecular formula is C25H25BrN2O5. The van der Waals surface area contributed by atoms with Crippen molar-refractivity contribution in [1.29, 1.82) is 0 Å². The molecule has 0 unspecified atom stereocenters. The number of hydrogen-bond donors (Lipinski definition) is 4. The average Bonchev–Trinajstić information content (AvgIpc) is 2.81. The summed E-state index contributed by atoms with van der Waals surface area (Å²) in [6.45, 7) is -0.165. The van der Waals surface area contributed by atoms with Crippen LogP contribution in [-0.4, -0.2) is 29.3 Å². The van der Waals surface area contributed by atoms with Crippen molar-refractivity contribution in [3.8, 4) is 16.9 Å². The molecule has 7 nitrogen and oxygen atoms in total. The Morgan fingerprint density at radius 2 is 1.76 bits per heavy atom. The summed E-state index contributed by atoms with van der Waals surface area (Å²) >= 11 is 3.41. The lowest BCUT2D eigenvalue weighted by molar-refractivity contribution is -0.116. The maximum Gasteiger partial charge on any atom is 0.409 e. The van der Waals surface area contributed by atoms with E-state index in [2.05, 4.69) is 26.6 Å². The molecule has 0 fully saturated rings. The fourth-order valence-electron chi connectivity index (χ4n) is 3.50. The molecule has 0 radical (unpaired) electrons. The third kappa shape index (κ3) is 6.57. The smallest absolute Gasteiger partial charge is 0.409 e. The van der Waals surface area contributed by atoms with Crippen molar-refractivity contribution >= 4 is 39.3 Å². The Kier molecular flexibility index (Phi) is 8.46. The van der Waals surface area contributed by atoms with Crippen molar-refractivity contribution in [2.75, 3.05) is 17.7 Å². The topological polar surface area (TPSA) is 108 Å². The molecule has 4 N–H and O–H groups in total. The van der Waals surface area contributed by atoms with Gasteiger partial charge in [0, 0.05) is 28.1 Å². The second kappa shape index (κ2) is 11.5. The molecule has 0 aliphatic heterocycles. The third-order valence-electron chi connectivity index (χ3n) is 5.09. The molecule has 0 aromatic heterocycles. The number of rotatable bonds is 9. The van der Waals surface area contributed by atoms with Crippen molar-refractivity contribution in [3.63, 3.8) is 0 Å². The van der Waals surface area contributed by atoms with E-state index in [-0.39, 0.29) is 12.5 Å². The van der Waals surface area contributed by atoms with Crippen LogP contribution < -0.4 is 15.4 Å². The van der Waals surface area contributed by atoms with Crippen LogP contribution in [0.3, 0.4) is 0 Å². The predicted molar refractivity (Wildman–Crippen MR) is 132 cm³/mol. The van der Waals surface area contributed by atoms with Gasteiger partial charge in [-0.1, -0.05) is 36.4 Å². The molecule has 172 valence electrons. The number of methoxy groups -OCH3 is 1. The third-order valence-corrected chi connectivity index (χ3v) is 5.75. The van der Waals surface area contributed by atoms with Crippen LogP contribution in [0, 0.1) is 0 Å². The van der Waals surface area contributed by atoms with E-state index in [1.165, 1.54) is 7.11 Å². The number of aliphatic hydroxyl groups excluding tert-OH is 1. The van der Waals surface area contributed by atoms with Crippen molar-refractivity contribution in [1.82, 2.24) is 0 Å². The number of halogens is 1. The van der Waals surface area contributed by atoms with Crippen LogP contribution >= 0.6 is 15.9 Å². The minimum Gasteiger partial charge on any atom is -0.496 e. The molecule has 3 aromatic carbocycles. The quantitative estimate of drug-likeness (QED) is 0.295. The van der Waals surface area contributed by atoms with Crippen molar-refractivity contribution < 1.29 is 24.5 Å². The summed E-state index contributed by atoms with van der Waals surface area (Å²) in [4.78, 5) is 23.6. The summed E-state index contributed by atoms with van der Waals surface area (Å²) in [6.07, 6.45) is 0.474. The van der Waals surface area contributed by atoms with Gasteiger partial charge in [-0.25, -0.2) is 4.79 Å². The van der Waals surface area contributed by atoms with Gasteiger partial charge in [0.2, 0.25) is 5.91 Å². The van der Waals surface area contributed by atoms with Crippen LogP contribution in [-0.2, 0) is 17.8 Å². The summed E-state index contributed by atoms with van der Waals surface area (Å²) in [5.74, 6) is 0.362. The van der Waals surface area contributed by atoms with Crippen molar-refractivity contribution in [3.05, 3.63) is 76.3 Å². The van der Waals surface area contributed by atoms with Gasteiger partial charge in [-0.3, -0.25) is 10.1 Å². The summed E-state index contributed by atoms with van der Waals surface area (Å²) in [7, 11) is 1.51. The van der Waals surface area contributed by atoms with E-state index in [1.54, 1.807) is 18.2 Å². The molecule has 0 spiro atoms. The van der Waals surface area contributed by atoms with Gasteiger partial charge in [0.25, 0.3) is 0 Å². The molecule has 0 aliphatic rings. The van der Waals surface area contributed by atoms with E-state index in [4.69, 9.17) is 9.84 Å².